The number of hydrogen-bond acceptors (Lipinski definition) is 4. The van der Waals surface area contributed by atoms with Gasteiger partial charge in [-0.05, 0) is 12.3 Å². The lowest BCUT2D eigenvalue weighted by Crippen LogP contribution is -2.46. The molecule has 1 atom stereocenters. The Bertz CT molecular complexity index is 481. The van der Waals surface area contributed by atoms with E-state index in [9.17, 15) is 13.2 Å². The molecule has 3 N–H and O–H groups in total. The molecule has 0 spiro atoms. The van der Waals surface area contributed by atoms with Crippen molar-refractivity contribution in [2.45, 2.75) is 31.3 Å². The Hall–Kier alpha value is -1.41. The summed E-state index contributed by atoms with van der Waals surface area (Å²) in [6.07, 6.45) is 2.89. The number of likely N-dealkylation sites (N-methyl/N-ethyl adjacent to an activating group) is 1. The molecule has 1 amide bonds. The third kappa shape index (κ3) is 3.81. The predicted molar refractivity (Wildman–Crippen MR) is 66.2 cm³/mol. The van der Waals surface area contributed by atoms with Gasteiger partial charge >= 0.3 is 0 Å². The van der Waals surface area contributed by atoms with Crippen LogP contribution in [0.3, 0.4) is 0 Å². The first-order chi connectivity index (χ1) is 8.36. The molecule has 1 aromatic rings. The molecule has 8 heteroatoms. The molecule has 0 fully saturated rings. The highest BCUT2D eigenvalue weighted by atomic mass is 32.2. The molecule has 18 heavy (non-hydrogen) atoms. The van der Waals surface area contributed by atoms with Crippen LogP contribution in [0.4, 0.5) is 0 Å². The number of nitrogens with zero attached hydrogens (tertiary/aromatic N) is 1. The van der Waals surface area contributed by atoms with Crippen LogP contribution in [0.2, 0.25) is 0 Å². The minimum Gasteiger partial charge on any atom is -0.358 e. The summed E-state index contributed by atoms with van der Waals surface area (Å²) in [5, 5.41) is 2.39. The van der Waals surface area contributed by atoms with Crippen LogP contribution >= 0.6 is 0 Å². The SMILES string of the molecule is CNC(=O)C(CC(C)C)NS(=O)(=O)c1cnc[nH]1. The van der Waals surface area contributed by atoms with Gasteiger partial charge in [-0.25, -0.2) is 13.4 Å². The molecule has 0 aliphatic carbocycles. The predicted octanol–water partition coefficient (Wildman–Crippen LogP) is -0.151. The lowest BCUT2D eigenvalue weighted by atomic mass is 10.0. The topological polar surface area (TPSA) is 104 Å². The minimum atomic E-state index is -3.75. The van der Waals surface area contributed by atoms with E-state index in [4.69, 9.17) is 0 Å². The van der Waals surface area contributed by atoms with Gasteiger partial charge in [0.25, 0.3) is 10.0 Å². The van der Waals surface area contributed by atoms with Crippen molar-refractivity contribution in [3.63, 3.8) is 0 Å². The fraction of sp³-hybridized carbons (Fsp3) is 0.600. The Morgan fingerprint density at radius 1 is 1.50 bits per heavy atom. The van der Waals surface area contributed by atoms with E-state index in [1.54, 1.807) is 0 Å². The van der Waals surface area contributed by atoms with Crippen molar-refractivity contribution in [3.8, 4) is 0 Å². The van der Waals surface area contributed by atoms with Gasteiger partial charge in [-0.15, -0.1) is 0 Å². The second-order valence-electron chi connectivity index (χ2n) is 4.33. The first kappa shape index (κ1) is 14.7. The molecule has 0 aliphatic heterocycles. The summed E-state index contributed by atoms with van der Waals surface area (Å²) in [7, 11) is -2.27. The van der Waals surface area contributed by atoms with Crippen LogP contribution < -0.4 is 10.0 Å². The van der Waals surface area contributed by atoms with Crippen LogP contribution in [-0.2, 0) is 14.8 Å². The molecule has 0 saturated heterocycles. The monoisotopic (exact) mass is 274 g/mol. The summed E-state index contributed by atoms with van der Waals surface area (Å²) in [5.41, 5.74) is 0. The molecule has 102 valence electrons. The zero-order valence-corrected chi connectivity index (χ0v) is 11.4. The average molecular weight is 274 g/mol. The van der Waals surface area contributed by atoms with Crippen LogP contribution in [-0.4, -0.2) is 37.4 Å². The summed E-state index contributed by atoms with van der Waals surface area (Å²) in [5.74, 6) is -0.163. The Morgan fingerprint density at radius 3 is 2.61 bits per heavy atom. The van der Waals surface area contributed by atoms with Gasteiger partial charge in [0.2, 0.25) is 5.91 Å². The molecule has 1 unspecified atom stereocenters. The molecule has 1 heterocycles. The number of sulfonamides is 1. The van der Waals surface area contributed by atoms with Crippen LogP contribution in [0.25, 0.3) is 0 Å². The first-order valence-electron chi connectivity index (χ1n) is 5.59. The van der Waals surface area contributed by atoms with Crippen molar-refractivity contribution in [1.29, 1.82) is 0 Å². The number of amides is 1. The molecule has 0 aromatic carbocycles. The van der Waals surface area contributed by atoms with Crippen molar-refractivity contribution in [3.05, 3.63) is 12.5 Å². The Labute approximate surface area is 106 Å². The Morgan fingerprint density at radius 2 is 2.17 bits per heavy atom. The maximum absolute atomic E-state index is 11.9. The van der Waals surface area contributed by atoms with Crippen molar-refractivity contribution in [1.82, 2.24) is 20.0 Å². The number of hydrogen-bond donors (Lipinski definition) is 3. The maximum Gasteiger partial charge on any atom is 0.258 e. The summed E-state index contributed by atoms with van der Waals surface area (Å²) in [6, 6.07) is -0.789. The van der Waals surface area contributed by atoms with E-state index in [-0.39, 0.29) is 16.9 Å². The van der Waals surface area contributed by atoms with Gasteiger partial charge in [0.15, 0.2) is 5.03 Å². The van der Waals surface area contributed by atoms with E-state index >= 15 is 0 Å². The maximum atomic E-state index is 11.9. The lowest BCUT2D eigenvalue weighted by Gasteiger charge is -2.18. The van der Waals surface area contributed by atoms with Gasteiger partial charge in [0.1, 0.15) is 6.04 Å². The molecular formula is C10H18N4O3S. The molecule has 1 aromatic heterocycles. The van der Waals surface area contributed by atoms with Crippen molar-refractivity contribution >= 4 is 15.9 Å². The van der Waals surface area contributed by atoms with Gasteiger partial charge in [0, 0.05) is 7.05 Å². The minimum absolute atomic E-state index is 0.0554. The van der Waals surface area contributed by atoms with Gasteiger partial charge < -0.3 is 10.3 Å². The number of aromatic amines is 1. The van der Waals surface area contributed by atoms with Crippen LogP contribution in [0.1, 0.15) is 20.3 Å². The van der Waals surface area contributed by atoms with Gasteiger partial charge in [-0.2, -0.15) is 4.72 Å². The third-order valence-corrected chi connectivity index (χ3v) is 3.73. The van der Waals surface area contributed by atoms with Crippen molar-refractivity contribution < 1.29 is 13.2 Å². The zero-order valence-electron chi connectivity index (χ0n) is 10.6. The van der Waals surface area contributed by atoms with E-state index in [2.05, 4.69) is 20.0 Å². The second kappa shape index (κ2) is 5.96. The quantitative estimate of drug-likeness (QED) is 0.671. The number of nitrogens with one attached hydrogen (secondary N) is 3. The molecule has 0 bridgehead atoms. The smallest absolute Gasteiger partial charge is 0.258 e. The summed E-state index contributed by atoms with van der Waals surface area (Å²) in [4.78, 5) is 17.8. The van der Waals surface area contributed by atoms with E-state index in [0.717, 1.165) is 0 Å². The largest absolute Gasteiger partial charge is 0.358 e. The lowest BCUT2D eigenvalue weighted by molar-refractivity contribution is -0.122. The summed E-state index contributed by atoms with van der Waals surface area (Å²) < 4.78 is 26.3. The van der Waals surface area contributed by atoms with Gasteiger partial charge in [-0.3, -0.25) is 4.79 Å². The average Bonchev–Trinajstić information content (AvgIpc) is 2.80. The highest BCUT2D eigenvalue weighted by Crippen LogP contribution is 2.09. The number of imidazole rings is 1. The van der Waals surface area contributed by atoms with E-state index in [0.29, 0.717) is 6.42 Å². The van der Waals surface area contributed by atoms with Crippen LogP contribution in [0, 0.1) is 5.92 Å². The normalized spacial score (nSPS) is 13.6. The summed E-state index contributed by atoms with van der Waals surface area (Å²) in [6.45, 7) is 3.83. The number of rotatable bonds is 6. The molecule has 1 rings (SSSR count). The molecule has 7 nitrogen and oxygen atoms in total. The number of carbonyl (C=O) groups is 1. The van der Waals surface area contributed by atoms with Crippen molar-refractivity contribution in [2.24, 2.45) is 5.92 Å². The van der Waals surface area contributed by atoms with E-state index < -0.39 is 16.1 Å². The van der Waals surface area contributed by atoms with Crippen LogP contribution in [0.15, 0.2) is 17.6 Å². The number of carbonyl (C=O) groups excluding carboxylic acids is 1. The Kier molecular flexibility index (Phi) is 4.85. The fourth-order valence-corrected chi connectivity index (χ4v) is 2.61. The van der Waals surface area contributed by atoms with Crippen LogP contribution in [0.5, 0.6) is 0 Å². The second-order valence-corrected chi connectivity index (χ2v) is 6.02. The molecular weight excluding hydrogens is 256 g/mol. The highest BCUT2D eigenvalue weighted by molar-refractivity contribution is 7.89. The van der Waals surface area contributed by atoms with Gasteiger partial charge in [-0.1, -0.05) is 13.8 Å². The van der Waals surface area contributed by atoms with Gasteiger partial charge in [0.05, 0.1) is 12.5 Å². The van der Waals surface area contributed by atoms with Crippen molar-refractivity contribution in [2.75, 3.05) is 7.05 Å². The third-order valence-electron chi connectivity index (χ3n) is 2.33. The number of H-pyrrole nitrogens is 1. The van der Waals surface area contributed by atoms with E-state index in [1.165, 1.54) is 19.6 Å². The zero-order chi connectivity index (χ0) is 13.8. The first-order valence-corrected chi connectivity index (χ1v) is 7.07. The summed E-state index contributed by atoms with van der Waals surface area (Å²) >= 11 is 0. The van der Waals surface area contributed by atoms with E-state index in [1.807, 2.05) is 13.8 Å². The standard InChI is InChI=1S/C10H18N4O3S/c1-7(2)4-8(10(15)11-3)14-18(16,17)9-5-12-6-13-9/h5-8,14H,4H2,1-3H3,(H,11,15)(H,12,13). The highest BCUT2D eigenvalue weighted by Gasteiger charge is 2.26. The fourth-order valence-electron chi connectivity index (χ4n) is 1.50. The molecule has 0 aliphatic rings. The Balaban J connectivity index is 2.86. The molecule has 0 saturated carbocycles. The number of aromatic nitrogens is 2. The molecule has 0 radical (unpaired) electrons.